The molecule has 3 heteroatoms. The molecular formula is C16H30N2O. The van der Waals surface area contributed by atoms with Gasteiger partial charge in [-0.3, -0.25) is 4.79 Å². The van der Waals surface area contributed by atoms with E-state index in [0.717, 1.165) is 13.1 Å². The largest absolute Gasteiger partial charge is 0.342 e. The first-order valence-corrected chi connectivity index (χ1v) is 8.20. The van der Waals surface area contributed by atoms with Crippen LogP contribution in [0.15, 0.2) is 0 Å². The Morgan fingerprint density at radius 2 is 1.74 bits per heavy atom. The molecule has 0 aromatic heterocycles. The summed E-state index contributed by atoms with van der Waals surface area (Å²) in [6.07, 6.45) is 10.0. The minimum Gasteiger partial charge on any atom is -0.342 e. The zero-order valence-electron chi connectivity index (χ0n) is 12.7. The Morgan fingerprint density at radius 1 is 1.16 bits per heavy atom. The molecule has 0 unspecified atom stereocenters. The van der Waals surface area contributed by atoms with Gasteiger partial charge in [0.15, 0.2) is 0 Å². The SMILES string of the molecule is CCC1(CC)CCN(C(=O)CNC2CCCC2)CC1. The highest BCUT2D eigenvalue weighted by Gasteiger charge is 2.32. The van der Waals surface area contributed by atoms with Crippen molar-refractivity contribution in [3.05, 3.63) is 0 Å². The second-order valence-corrected chi connectivity index (χ2v) is 6.45. The van der Waals surface area contributed by atoms with Crippen molar-refractivity contribution in [2.24, 2.45) is 5.41 Å². The van der Waals surface area contributed by atoms with Crippen LogP contribution < -0.4 is 5.32 Å². The van der Waals surface area contributed by atoms with Crippen molar-refractivity contribution in [2.75, 3.05) is 19.6 Å². The lowest BCUT2D eigenvalue weighted by atomic mass is 9.74. The van der Waals surface area contributed by atoms with Gasteiger partial charge in [-0.1, -0.05) is 39.5 Å². The fraction of sp³-hybridized carbons (Fsp3) is 0.938. The van der Waals surface area contributed by atoms with Crippen LogP contribution >= 0.6 is 0 Å². The second-order valence-electron chi connectivity index (χ2n) is 6.45. The summed E-state index contributed by atoms with van der Waals surface area (Å²) in [6.45, 7) is 7.07. The molecule has 2 rings (SSSR count). The molecule has 1 saturated carbocycles. The maximum atomic E-state index is 12.2. The first-order valence-electron chi connectivity index (χ1n) is 8.20. The van der Waals surface area contributed by atoms with E-state index in [1.54, 1.807) is 0 Å². The Labute approximate surface area is 118 Å². The Bertz CT molecular complexity index is 283. The lowest BCUT2D eigenvalue weighted by Crippen LogP contribution is -2.47. The molecule has 110 valence electrons. The Hall–Kier alpha value is -0.570. The molecule has 3 nitrogen and oxygen atoms in total. The number of carbonyl (C=O) groups is 1. The standard InChI is InChI=1S/C16H30N2O/c1-3-16(4-2)9-11-18(12-10-16)15(19)13-17-14-7-5-6-8-14/h14,17H,3-13H2,1-2H3. The predicted octanol–water partition coefficient (Wildman–Crippen LogP) is 2.95. The number of nitrogens with zero attached hydrogens (tertiary/aromatic N) is 1. The van der Waals surface area contributed by atoms with E-state index in [0.29, 0.717) is 23.9 Å². The zero-order chi connectivity index (χ0) is 13.7. The topological polar surface area (TPSA) is 32.3 Å². The van der Waals surface area contributed by atoms with E-state index < -0.39 is 0 Å². The Morgan fingerprint density at radius 3 is 2.26 bits per heavy atom. The minimum atomic E-state index is 0.313. The van der Waals surface area contributed by atoms with E-state index in [1.807, 2.05) is 0 Å². The van der Waals surface area contributed by atoms with Crippen LogP contribution in [-0.4, -0.2) is 36.5 Å². The van der Waals surface area contributed by atoms with Gasteiger partial charge < -0.3 is 10.2 Å². The van der Waals surface area contributed by atoms with Gasteiger partial charge in [0, 0.05) is 19.1 Å². The van der Waals surface area contributed by atoms with Crippen molar-refractivity contribution < 1.29 is 4.79 Å². The molecule has 0 spiro atoms. The summed E-state index contributed by atoms with van der Waals surface area (Å²) >= 11 is 0. The molecule has 1 aliphatic carbocycles. The quantitative estimate of drug-likeness (QED) is 0.830. The molecule has 0 bridgehead atoms. The fourth-order valence-electron chi connectivity index (χ4n) is 3.66. The van der Waals surface area contributed by atoms with Gasteiger partial charge in [0.1, 0.15) is 0 Å². The Balaban J connectivity index is 1.72. The third-order valence-electron chi connectivity index (χ3n) is 5.57. The molecule has 19 heavy (non-hydrogen) atoms. The highest BCUT2D eigenvalue weighted by molar-refractivity contribution is 5.78. The molecule has 1 N–H and O–H groups in total. The number of likely N-dealkylation sites (tertiary alicyclic amines) is 1. The molecule has 0 aromatic rings. The van der Waals surface area contributed by atoms with E-state index in [-0.39, 0.29) is 0 Å². The third-order valence-corrected chi connectivity index (χ3v) is 5.57. The van der Waals surface area contributed by atoms with Crippen molar-refractivity contribution in [3.63, 3.8) is 0 Å². The molecule has 2 fully saturated rings. The average molecular weight is 266 g/mol. The number of hydrogen-bond donors (Lipinski definition) is 1. The first kappa shape index (κ1) is 14.8. The van der Waals surface area contributed by atoms with Gasteiger partial charge in [-0.2, -0.15) is 0 Å². The van der Waals surface area contributed by atoms with Crippen LogP contribution in [-0.2, 0) is 4.79 Å². The van der Waals surface area contributed by atoms with Crippen molar-refractivity contribution in [3.8, 4) is 0 Å². The summed E-state index contributed by atoms with van der Waals surface area (Å²) in [6, 6.07) is 0.596. The lowest BCUT2D eigenvalue weighted by Gasteiger charge is -2.41. The molecule has 0 atom stereocenters. The lowest BCUT2D eigenvalue weighted by molar-refractivity contribution is -0.132. The normalized spacial score (nSPS) is 23.8. The first-order chi connectivity index (χ1) is 9.19. The zero-order valence-corrected chi connectivity index (χ0v) is 12.7. The van der Waals surface area contributed by atoms with Crippen LogP contribution in [0.1, 0.15) is 65.2 Å². The van der Waals surface area contributed by atoms with Crippen LogP contribution in [0.25, 0.3) is 0 Å². The molecular weight excluding hydrogens is 236 g/mol. The molecule has 0 radical (unpaired) electrons. The van der Waals surface area contributed by atoms with Crippen LogP contribution in [0.2, 0.25) is 0 Å². The summed E-state index contributed by atoms with van der Waals surface area (Å²) in [5, 5.41) is 3.44. The van der Waals surface area contributed by atoms with Crippen molar-refractivity contribution >= 4 is 5.91 Å². The minimum absolute atomic E-state index is 0.313. The summed E-state index contributed by atoms with van der Waals surface area (Å²) < 4.78 is 0. The number of amides is 1. The van der Waals surface area contributed by atoms with Crippen LogP contribution in [0.4, 0.5) is 0 Å². The van der Waals surface area contributed by atoms with Crippen molar-refractivity contribution in [1.29, 1.82) is 0 Å². The van der Waals surface area contributed by atoms with Gasteiger partial charge in [-0.25, -0.2) is 0 Å². The molecule has 0 aromatic carbocycles. The number of piperidine rings is 1. The highest BCUT2D eigenvalue weighted by Crippen LogP contribution is 2.37. The van der Waals surface area contributed by atoms with E-state index in [2.05, 4.69) is 24.1 Å². The van der Waals surface area contributed by atoms with Crippen molar-refractivity contribution in [1.82, 2.24) is 10.2 Å². The summed E-state index contributed by atoms with van der Waals surface area (Å²) in [4.78, 5) is 14.3. The molecule has 2 aliphatic rings. The number of nitrogens with one attached hydrogen (secondary N) is 1. The maximum Gasteiger partial charge on any atom is 0.236 e. The maximum absolute atomic E-state index is 12.2. The smallest absolute Gasteiger partial charge is 0.236 e. The number of hydrogen-bond acceptors (Lipinski definition) is 2. The average Bonchev–Trinajstić information content (AvgIpc) is 2.98. The van der Waals surface area contributed by atoms with Crippen LogP contribution in [0.3, 0.4) is 0 Å². The van der Waals surface area contributed by atoms with E-state index in [4.69, 9.17) is 0 Å². The van der Waals surface area contributed by atoms with Gasteiger partial charge in [0.2, 0.25) is 5.91 Å². The second kappa shape index (κ2) is 6.74. The Kier molecular flexibility index (Phi) is 5.26. The van der Waals surface area contributed by atoms with Gasteiger partial charge >= 0.3 is 0 Å². The van der Waals surface area contributed by atoms with Gasteiger partial charge in [0.05, 0.1) is 6.54 Å². The van der Waals surface area contributed by atoms with Gasteiger partial charge in [-0.05, 0) is 31.1 Å². The summed E-state index contributed by atoms with van der Waals surface area (Å²) in [5.74, 6) is 0.313. The van der Waals surface area contributed by atoms with Gasteiger partial charge in [-0.15, -0.1) is 0 Å². The summed E-state index contributed by atoms with van der Waals surface area (Å²) in [5.41, 5.74) is 0.510. The predicted molar refractivity (Wildman–Crippen MR) is 79.1 cm³/mol. The molecule has 1 heterocycles. The molecule has 1 amide bonds. The summed E-state index contributed by atoms with van der Waals surface area (Å²) in [7, 11) is 0. The van der Waals surface area contributed by atoms with Crippen LogP contribution in [0, 0.1) is 5.41 Å². The number of carbonyl (C=O) groups excluding carboxylic acids is 1. The van der Waals surface area contributed by atoms with E-state index in [9.17, 15) is 4.79 Å². The molecule has 1 saturated heterocycles. The van der Waals surface area contributed by atoms with Crippen LogP contribution in [0.5, 0.6) is 0 Å². The highest BCUT2D eigenvalue weighted by atomic mass is 16.2. The fourth-order valence-corrected chi connectivity index (χ4v) is 3.66. The van der Waals surface area contributed by atoms with Crippen molar-refractivity contribution in [2.45, 2.75) is 71.3 Å². The van der Waals surface area contributed by atoms with Gasteiger partial charge in [0.25, 0.3) is 0 Å². The molecule has 1 aliphatic heterocycles. The monoisotopic (exact) mass is 266 g/mol. The van der Waals surface area contributed by atoms with E-state index >= 15 is 0 Å². The van der Waals surface area contributed by atoms with E-state index in [1.165, 1.54) is 51.4 Å². The third kappa shape index (κ3) is 3.71. The number of rotatable bonds is 5.